The van der Waals surface area contributed by atoms with Crippen molar-refractivity contribution >= 4 is 6.08 Å². The van der Waals surface area contributed by atoms with Crippen LogP contribution in [0.25, 0.3) is 6.08 Å². The second-order valence-corrected chi connectivity index (χ2v) is 5.84. The largest absolute Gasteiger partial charge is 0.493 e. The van der Waals surface area contributed by atoms with Crippen LogP contribution in [-0.2, 0) is 6.54 Å². The van der Waals surface area contributed by atoms with Gasteiger partial charge in [0, 0.05) is 6.54 Å². The maximum atomic E-state index is 5.95. The van der Waals surface area contributed by atoms with Gasteiger partial charge >= 0.3 is 0 Å². The molecule has 0 amide bonds. The smallest absolute Gasteiger partial charge is 0.169 e. The average molecular weight is 309 g/mol. The number of hydrogen-bond acceptors (Lipinski definition) is 3. The van der Waals surface area contributed by atoms with E-state index in [1.165, 1.54) is 31.5 Å². The molecule has 23 heavy (non-hydrogen) atoms. The zero-order valence-corrected chi connectivity index (χ0v) is 13.6. The van der Waals surface area contributed by atoms with Gasteiger partial charge in [-0.3, -0.25) is 4.90 Å². The van der Waals surface area contributed by atoms with Crippen molar-refractivity contribution in [2.24, 2.45) is 0 Å². The molecule has 2 aromatic rings. The third kappa shape index (κ3) is 3.93. The summed E-state index contributed by atoms with van der Waals surface area (Å²) in [5, 5.41) is 0. The highest BCUT2D eigenvalue weighted by atomic mass is 16.5. The molecule has 0 saturated carbocycles. The summed E-state index contributed by atoms with van der Waals surface area (Å²) >= 11 is 0. The summed E-state index contributed by atoms with van der Waals surface area (Å²) in [6, 6.07) is 14.0. The van der Waals surface area contributed by atoms with Gasteiger partial charge in [-0.15, -0.1) is 0 Å². The molecule has 0 radical (unpaired) electrons. The molecule has 0 aliphatic carbocycles. The van der Waals surface area contributed by atoms with E-state index in [2.05, 4.69) is 23.6 Å². The highest BCUT2D eigenvalue weighted by molar-refractivity contribution is 5.50. The first kappa shape index (κ1) is 15.6. The number of nitrogens with zero attached hydrogens (tertiary/aromatic N) is 1. The van der Waals surface area contributed by atoms with Crippen LogP contribution in [0.1, 0.15) is 24.0 Å². The monoisotopic (exact) mass is 309 g/mol. The molecule has 3 nitrogen and oxygen atoms in total. The van der Waals surface area contributed by atoms with E-state index in [4.69, 9.17) is 9.47 Å². The first-order valence-corrected chi connectivity index (χ1v) is 8.08. The first-order valence-electron chi connectivity index (χ1n) is 8.08. The van der Waals surface area contributed by atoms with Crippen LogP contribution in [0.3, 0.4) is 0 Å². The summed E-state index contributed by atoms with van der Waals surface area (Å²) in [7, 11) is 1.68. The van der Waals surface area contributed by atoms with E-state index in [1.807, 2.05) is 36.4 Å². The summed E-state index contributed by atoms with van der Waals surface area (Å²) in [5.41, 5.74) is 2.34. The van der Waals surface area contributed by atoms with Gasteiger partial charge in [-0.1, -0.05) is 30.9 Å². The van der Waals surface area contributed by atoms with Gasteiger partial charge < -0.3 is 9.47 Å². The van der Waals surface area contributed by atoms with E-state index in [9.17, 15) is 0 Å². The van der Waals surface area contributed by atoms with E-state index in [-0.39, 0.29) is 0 Å². The second kappa shape index (κ2) is 7.34. The quantitative estimate of drug-likeness (QED) is 0.770. The van der Waals surface area contributed by atoms with E-state index in [1.54, 1.807) is 7.11 Å². The lowest BCUT2D eigenvalue weighted by atomic mass is 10.2. The van der Waals surface area contributed by atoms with Crippen LogP contribution >= 0.6 is 0 Å². The van der Waals surface area contributed by atoms with Crippen molar-refractivity contribution in [2.75, 3.05) is 20.2 Å². The molecule has 3 heteroatoms. The molecule has 1 saturated heterocycles. The standard InChI is InChI=1S/C20H23NO2/c1-3-16-6-9-18(10-7-16)23-19-11-8-17(14-20(19)22-2)15-21-12-4-5-13-21/h3,6-11,14H,1,4-5,12-13,15H2,2H3. The van der Waals surface area contributed by atoms with Crippen molar-refractivity contribution < 1.29 is 9.47 Å². The summed E-state index contributed by atoms with van der Waals surface area (Å²) < 4.78 is 11.5. The van der Waals surface area contributed by atoms with Gasteiger partial charge in [-0.2, -0.15) is 0 Å². The van der Waals surface area contributed by atoms with Gasteiger partial charge in [-0.25, -0.2) is 0 Å². The van der Waals surface area contributed by atoms with Gasteiger partial charge in [0.15, 0.2) is 11.5 Å². The van der Waals surface area contributed by atoms with Crippen molar-refractivity contribution in [3.05, 3.63) is 60.2 Å². The predicted molar refractivity (Wildman–Crippen MR) is 94.1 cm³/mol. The lowest BCUT2D eigenvalue weighted by Gasteiger charge is -2.16. The molecule has 0 aromatic heterocycles. The van der Waals surface area contributed by atoms with Gasteiger partial charge in [0.2, 0.25) is 0 Å². The van der Waals surface area contributed by atoms with Gasteiger partial charge in [0.25, 0.3) is 0 Å². The Labute approximate surface area is 138 Å². The Morgan fingerprint density at radius 2 is 1.78 bits per heavy atom. The summed E-state index contributed by atoms with van der Waals surface area (Å²) in [4.78, 5) is 2.48. The van der Waals surface area contributed by atoms with Gasteiger partial charge in [0.1, 0.15) is 5.75 Å². The van der Waals surface area contributed by atoms with Crippen molar-refractivity contribution in [2.45, 2.75) is 19.4 Å². The molecule has 1 heterocycles. The zero-order valence-electron chi connectivity index (χ0n) is 13.6. The van der Waals surface area contributed by atoms with E-state index in [0.717, 1.165) is 29.4 Å². The van der Waals surface area contributed by atoms with Crippen molar-refractivity contribution in [3.8, 4) is 17.2 Å². The molecule has 3 rings (SSSR count). The Balaban J connectivity index is 1.74. The fourth-order valence-corrected chi connectivity index (χ4v) is 2.89. The molecule has 0 bridgehead atoms. The maximum Gasteiger partial charge on any atom is 0.169 e. The third-order valence-electron chi connectivity index (χ3n) is 4.18. The Morgan fingerprint density at radius 1 is 1.04 bits per heavy atom. The summed E-state index contributed by atoms with van der Waals surface area (Å²) in [5.74, 6) is 2.31. The van der Waals surface area contributed by atoms with E-state index in [0.29, 0.717) is 0 Å². The number of likely N-dealkylation sites (tertiary alicyclic amines) is 1. The van der Waals surface area contributed by atoms with Crippen molar-refractivity contribution in [3.63, 3.8) is 0 Å². The Morgan fingerprint density at radius 3 is 2.43 bits per heavy atom. The molecule has 0 atom stereocenters. The van der Waals surface area contributed by atoms with Crippen LogP contribution in [0.15, 0.2) is 49.0 Å². The molecule has 1 aliphatic rings. The lowest BCUT2D eigenvalue weighted by Crippen LogP contribution is -2.18. The second-order valence-electron chi connectivity index (χ2n) is 5.84. The Bertz CT molecular complexity index is 658. The number of ether oxygens (including phenoxy) is 2. The Kier molecular flexibility index (Phi) is 4.99. The average Bonchev–Trinajstić information content (AvgIpc) is 3.10. The van der Waals surface area contributed by atoms with E-state index >= 15 is 0 Å². The predicted octanol–water partition coefficient (Wildman–Crippen LogP) is 4.73. The Hall–Kier alpha value is -2.26. The number of methoxy groups -OCH3 is 1. The molecule has 2 aromatic carbocycles. The van der Waals surface area contributed by atoms with Gasteiger partial charge in [0.05, 0.1) is 7.11 Å². The molecule has 1 aliphatic heterocycles. The fourth-order valence-electron chi connectivity index (χ4n) is 2.89. The fraction of sp³-hybridized carbons (Fsp3) is 0.300. The van der Waals surface area contributed by atoms with E-state index < -0.39 is 0 Å². The van der Waals surface area contributed by atoms with Crippen LogP contribution in [0.4, 0.5) is 0 Å². The SMILES string of the molecule is C=Cc1ccc(Oc2ccc(CN3CCCC3)cc2OC)cc1. The summed E-state index contributed by atoms with van der Waals surface area (Å²) in [6.07, 6.45) is 4.43. The van der Waals surface area contributed by atoms with Crippen LogP contribution in [0.2, 0.25) is 0 Å². The molecule has 0 N–H and O–H groups in total. The molecular weight excluding hydrogens is 286 g/mol. The van der Waals surface area contributed by atoms with Gasteiger partial charge in [-0.05, 0) is 61.3 Å². The van der Waals surface area contributed by atoms with Crippen molar-refractivity contribution in [1.29, 1.82) is 0 Å². The zero-order chi connectivity index (χ0) is 16.1. The molecule has 0 spiro atoms. The minimum Gasteiger partial charge on any atom is -0.493 e. The molecule has 1 fully saturated rings. The van der Waals surface area contributed by atoms with Crippen LogP contribution in [0, 0.1) is 0 Å². The number of hydrogen-bond donors (Lipinski definition) is 0. The first-order chi connectivity index (χ1) is 11.3. The molecule has 120 valence electrons. The van der Waals surface area contributed by atoms with Crippen LogP contribution < -0.4 is 9.47 Å². The van der Waals surface area contributed by atoms with Crippen LogP contribution in [0.5, 0.6) is 17.2 Å². The third-order valence-corrected chi connectivity index (χ3v) is 4.18. The highest BCUT2D eigenvalue weighted by Crippen LogP contribution is 2.33. The number of benzene rings is 2. The molecular formula is C20H23NO2. The van der Waals surface area contributed by atoms with Crippen LogP contribution in [-0.4, -0.2) is 25.1 Å². The normalized spacial score (nSPS) is 14.7. The molecule has 0 unspecified atom stereocenters. The minimum absolute atomic E-state index is 0.740. The minimum atomic E-state index is 0.740. The topological polar surface area (TPSA) is 21.7 Å². The lowest BCUT2D eigenvalue weighted by molar-refractivity contribution is 0.329. The maximum absolute atomic E-state index is 5.95. The van der Waals surface area contributed by atoms with Crippen molar-refractivity contribution in [1.82, 2.24) is 4.90 Å². The number of rotatable bonds is 6. The highest BCUT2D eigenvalue weighted by Gasteiger charge is 2.13. The summed E-state index contributed by atoms with van der Waals surface area (Å²) in [6.45, 7) is 7.12.